The number of para-hydroxylation sites is 2. The number of benzene rings is 1. The van der Waals surface area contributed by atoms with E-state index in [1.54, 1.807) is 24.3 Å². The molecule has 0 bridgehead atoms. The number of hydrogen-bond acceptors (Lipinski definition) is 4. The van der Waals surface area contributed by atoms with Crippen LogP contribution in [0.15, 0.2) is 24.3 Å². The molecule has 22 heavy (non-hydrogen) atoms. The number of rotatable bonds is 9. The zero-order valence-corrected chi connectivity index (χ0v) is 13.2. The van der Waals surface area contributed by atoms with Crippen molar-refractivity contribution >= 4 is 11.9 Å². The van der Waals surface area contributed by atoms with Crippen LogP contribution < -0.4 is 14.8 Å². The van der Waals surface area contributed by atoms with E-state index in [0.29, 0.717) is 24.3 Å². The minimum absolute atomic E-state index is 0.111. The van der Waals surface area contributed by atoms with Crippen LogP contribution in [0.4, 0.5) is 0 Å². The van der Waals surface area contributed by atoms with Gasteiger partial charge in [0.05, 0.1) is 19.1 Å². The number of amides is 1. The van der Waals surface area contributed by atoms with Gasteiger partial charge < -0.3 is 19.9 Å². The molecule has 0 atom stereocenters. The quantitative estimate of drug-likeness (QED) is 0.730. The number of hydrogen-bond donors (Lipinski definition) is 2. The summed E-state index contributed by atoms with van der Waals surface area (Å²) in [5.41, 5.74) is -0.743. The molecule has 0 saturated carbocycles. The van der Waals surface area contributed by atoms with Crippen LogP contribution in [0.2, 0.25) is 0 Å². The molecule has 6 nitrogen and oxygen atoms in total. The van der Waals surface area contributed by atoms with Gasteiger partial charge in [0.15, 0.2) is 18.1 Å². The largest absolute Gasteiger partial charge is 0.493 e. The molecule has 2 N–H and O–H groups in total. The van der Waals surface area contributed by atoms with Crippen molar-refractivity contribution in [1.29, 1.82) is 0 Å². The molecule has 0 heterocycles. The van der Waals surface area contributed by atoms with Crippen molar-refractivity contribution in [3.63, 3.8) is 0 Å². The Bertz CT molecular complexity index is 511. The lowest BCUT2D eigenvalue weighted by Crippen LogP contribution is -2.50. The molecule has 0 aromatic heterocycles. The normalized spacial score (nSPS) is 10.9. The van der Waals surface area contributed by atoms with E-state index in [1.807, 2.05) is 13.8 Å². The van der Waals surface area contributed by atoms with Crippen LogP contribution in [0.3, 0.4) is 0 Å². The summed E-state index contributed by atoms with van der Waals surface area (Å²) in [6.07, 6.45) is 0.965. The molecule has 0 unspecified atom stereocenters. The SMILES string of the molecule is CCC(CC)(CC(=O)O)NC(=O)COc1ccccc1OC. The molecule has 122 valence electrons. The highest BCUT2D eigenvalue weighted by atomic mass is 16.5. The van der Waals surface area contributed by atoms with E-state index in [0.717, 1.165) is 0 Å². The Morgan fingerprint density at radius 1 is 1.18 bits per heavy atom. The van der Waals surface area contributed by atoms with Gasteiger partial charge in [-0.15, -0.1) is 0 Å². The first kappa shape index (κ1) is 17.8. The first-order chi connectivity index (χ1) is 10.5. The molecule has 0 aliphatic rings. The Morgan fingerprint density at radius 2 is 1.77 bits per heavy atom. The Hall–Kier alpha value is -2.24. The molecule has 1 aromatic rings. The van der Waals surface area contributed by atoms with Gasteiger partial charge in [0.25, 0.3) is 5.91 Å². The molecule has 1 rings (SSSR count). The Balaban J connectivity index is 2.66. The van der Waals surface area contributed by atoms with Gasteiger partial charge in [-0.1, -0.05) is 26.0 Å². The summed E-state index contributed by atoms with van der Waals surface area (Å²) in [6.45, 7) is 3.52. The molecule has 0 spiro atoms. The average Bonchev–Trinajstić information content (AvgIpc) is 2.52. The van der Waals surface area contributed by atoms with Crippen molar-refractivity contribution in [1.82, 2.24) is 5.32 Å². The number of carboxylic acid groups (broad SMARTS) is 1. The summed E-state index contributed by atoms with van der Waals surface area (Å²) in [5, 5.41) is 11.8. The van der Waals surface area contributed by atoms with E-state index in [-0.39, 0.29) is 18.9 Å². The maximum atomic E-state index is 12.1. The first-order valence-electron chi connectivity index (χ1n) is 7.25. The van der Waals surface area contributed by atoms with Crippen molar-refractivity contribution in [2.24, 2.45) is 0 Å². The second kappa shape index (κ2) is 8.26. The molecular weight excluding hydrogens is 286 g/mol. The fourth-order valence-corrected chi connectivity index (χ4v) is 2.22. The highest BCUT2D eigenvalue weighted by molar-refractivity contribution is 5.79. The summed E-state index contributed by atoms with van der Waals surface area (Å²) in [6, 6.07) is 7.02. The standard InChI is InChI=1S/C16H23NO5/c1-4-16(5-2,10-15(19)20)17-14(18)11-22-13-9-7-6-8-12(13)21-3/h6-9H,4-5,10-11H2,1-3H3,(H,17,18)(H,19,20). The van der Waals surface area contributed by atoms with E-state index in [9.17, 15) is 9.59 Å². The first-order valence-corrected chi connectivity index (χ1v) is 7.25. The third-order valence-corrected chi connectivity index (χ3v) is 3.68. The van der Waals surface area contributed by atoms with Gasteiger partial charge in [-0.25, -0.2) is 0 Å². The number of nitrogens with one attached hydrogen (secondary N) is 1. The molecule has 0 aliphatic carbocycles. The lowest BCUT2D eigenvalue weighted by Gasteiger charge is -2.31. The summed E-state index contributed by atoms with van der Waals surface area (Å²) in [4.78, 5) is 23.0. The molecule has 1 amide bonds. The summed E-state index contributed by atoms with van der Waals surface area (Å²) < 4.78 is 10.6. The summed E-state index contributed by atoms with van der Waals surface area (Å²) in [5.74, 6) is -0.277. The van der Waals surface area contributed by atoms with Gasteiger partial charge in [-0.05, 0) is 25.0 Å². The van der Waals surface area contributed by atoms with Crippen molar-refractivity contribution in [2.75, 3.05) is 13.7 Å². The molecule has 1 aromatic carbocycles. The molecule has 0 aliphatic heterocycles. The van der Waals surface area contributed by atoms with Gasteiger partial charge in [0, 0.05) is 0 Å². The maximum absolute atomic E-state index is 12.1. The highest BCUT2D eigenvalue weighted by Crippen LogP contribution is 2.26. The van der Waals surface area contributed by atoms with Crippen molar-refractivity contribution in [3.05, 3.63) is 24.3 Å². The number of methoxy groups -OCH3 is 1. The fourth-order valence-electron chi connectivity index (χ4n) is 2.22. The van der Waals surface area contributed by atoms with Crippen molar-refractivity contribution in [3.8, 4) is 11.5 Å². The maximum Gasteiger partial charge on any atom is 0.305 e. The van der Waals surface area contributed by atoms with Gasteiger partial charge in [-0.2, -0.15) is 0 Å². The summed E-state index contributed by atoms with van der Waals surface area (Å²) >= 11 is 0. The minimum Gasteiger partial charge on any atom is -0.493 e. The second-order valence-electron chi connectivity index (χ2n) is 5.05. The van der Waals surface area contributed by atoms with Gasteiger partial charge in [0.2, 0.25) is 0 Å². The van der Waals surface area contributed by atoms with Crippen LogP contribution in [0, 0.1) is 0 Å². The van der Waals surface area contributed by atoms with Crippen LogP contribution in [-0.4, -0.2) is 36.2 Å². The lowest BCUT2D eigenvalue weighted by molar-refractivity contribution is -0.139. The summed E-state index contributed by atoms with van der Waals surface area (Å²) in [7, 11) is 1.52. The van der Waals surface area contributed by atoms with Crippen molar-refractivity contribution < 1.29 is 24.2 Å². The average molecular weight is 309 g/mol. The van der Waals surface area contributed by atoms with E-state index < -0.39 is 11.5 Å². The number of carboxylic acids is 1. The van der Waals surface area contributed by atoms with E-state index >= 15 is 0 Å². The second-order valence-corrected chi connectivity index (χ2v) is 5.05. The minimum atomic E-state index is -0.936. The van der Waals surface area contributed by atoms with Crippen LogP contribution in [-0.2, 0) is 9.59 Å². The van der Waals surface area contributed by atoms with Gasteiger partial charge >= 0.3 is 5.97 Å². The monoisotopic (exact) mass is 309 g/mol. The van der Waals surface area contributed by atoms with Gasteiger partial charge in [-0.3, -0.25) is 9.59 Å². The highest BCUT2D eigenvalue weighted by Gasteiger charge is 2.31. The van der Waals surface area contributed by atoms with Crippen LogP contribution >= 0.6 is 0 Å². The molecule has 0 fully saturated rings. The Kier molecular flexibility index (Phi) is 6.69. The third-order valence-electron chi connectivity index (χ3n) is 3.68. The molecule has 0 saturated heterocycles. The molecule has 6 heteroatoms. The zero-order chi connectivity index (χ0) is 16.6. The third kappa shape index (κ3) is 4.95. The topological polar surface area (TPSA) is 84.9 Å². The lowest BCUT2D eigenvalue weighted by atomic mass is 9.89. The fraction of sp³-hybridized carbons (Fsp3) is 0.500. The predicted octanol–water partition coefficient (Wildman–Crippen LogP) is 2.22. The molecule has 0 radical (unpaired) electrons. The van der Waals surface area contributed by atoms with E-state index in [2.05, 4.69) is 5.32 Å². The van der Waals surface area contributed by atoms with Gasteiger partial charge in [0.1, 0.15) is 0 Å². The smallest absolute Gasteiger partial charge is 0.305 e. The van der Waals surface area contributed by atoms with Crippen LogP contribution in [0.1, 0.15) is 33.1 Å². The Morgan fingerprint density at radius 3 is 2.27 bits per heavy atom. The zero-order valence-electron chi connectivity index (χ0n) is 13.2. The predicted molar refractivity (Wildman–Crippen MR) is 82.2 cm³/mol. The Labute approximate surface area is 130 Å². The number of aliphatic carboxylic acids is 1. The molecular formula is C16H23NO5. The number of carbonyl (C=O) groups is 2. The number of carbonyl (C=O) groups excluding carboxylic acids is 1. The van der Waals surface area contributed by atoms with Crippen molar-refractivity contribution in [2.45, 2.75) is 38.6 Å². The van der Waals surface area contributed by atoms with E-state index in [1.165, 1.54) is 7.11 Å². The van der Waals surface area contributed by atoms with Crippen LogP contribution in [0.25, 0.3) is 0 Å². The number of ether oxygens (including phenoxy) is 2. The van der Waals surface area contributed by atoms with E-state index in [4.69, 9.17) is 14.6 Å². The van der Waals surface area contributed by atoms with Crippen LogP contribution in [0.5, 0.6) is 11.5 Å².